The Morgan fingerprint density at radius 3 is 2.67 bits per heavy atom. The van der Waals surface area contributed by atoms with Crippen LogP contribution in [0.15, 0.2) is 11.1 Å². The standard InChI is InChI=1S/C23H34N7O5P/c1-12(2)21(31)27-23-26-20-17(22(32)28-23)25-11-29(20)16-10-15-18(34-16)19(15)35-36(33-9-7-8-24)30(13(3)4)14(5)6/h11-16,18-19H,7,9-10H2,1-6H3,(H2,26,27,28,31,32)/t15?,16-,18+,19-,36?/m1/s1. The average molecular weight is 520 g/mol. The SMILES string of the molecule is CC(C)C(=O)Nc1nc2c(ncn2[C@H]2CC3[C@@H](OP(OCCC#N)N(C(C)C)C(C)C)[C@H]3O2)c(=O)[nH]1. The fourth-order valence-corrected chi connectivity index (χ4v) is 6.19. The maximum Gasteiger partial charge on any atom is 0.280 e. The fraction of sp³-hybridized carbons (Fsp3) is 0.696. The first kappa shape index (κ1) is 26.6. The maximum absolute atomic E-state index is 12.5. The topological polar surface area (TPSA) is 147 Å². The van der Waals surface area contributed by atoms with Gasteiger partial charge in [0.15, 0.2) is 11.2 Å². The predicted molar refractivity (Wildman–Crippen MR) is 134 cm³/mol. The number of fused-ring (bicyclic) bond motifs is 2. The molecule has 196 valence electrons. The highest BCUT2D eigenvalue weighted by Gasteiger charge is 2.61. The average Bonchev–Trinajstić information content (AvgIpc) is 3.14. The minimum absolute atomic E-state index is 0.0833. The summed E-state index contributed by atoms with van der Waals surface area (Å²) in [5.41, 5.74) is 0.118. The van der Waals surface area contributed by atoms with Gasteiger partial charge in [-0.15, -0.1) is 0 Å². The number of anilines is 1. The van der Waals surface area contributed by atoms with Crippen LogP contribution in [0.4, 0.5) is 5.95 Å². The Balaban J connectivity index is 1.45. The van der Waals surface area contributed by atoms with Gasteiger partial charge >= 0.3 is 0 Å². The normalized spacial score (nSPS) is 24.0. The van der Waals surface area contributed by atoms with Crippen LogP contribution >= 0.6 is 8.53 Å². The third-order valence-corrected chi connectivity index (χ3v) is 8.33. The second kappa shape index (κ2) is 10.9. The van der Waals surface area contributed by atoms with Crippen molar-refractivity contribution in [2.75, 3.05) is 11.9 Å². The van der Waals surface area contributed by atoms with Crippen molar-refractivity contribution in [3.63, 3.8) is 0 Å². The van der Waals surface area contributed by atoms with Crippen molar-refractivity contribution in [1.82, 2.24) is 24.2 Å². The van der Waals surface area contributed by atoms with E-state index in [0.717, 1.165) is 0 Å². The van der Waals surface area contributed by atoms with E-state index in [4.69, 9.17) is 19.0 Å². The fourth-order valence-electron chi connectivity index (χ4n) is 4.40. The summed E-state index contributed by atoms with van der Waals surface area (Å²) in [7, 11) is -1.34. The number of aromatic nitrogens is 4. The summed E-state index contributed by atoms with van der Waals surface area (Å²) in [6.07, 6.45) is 1.99. The number of carbonyl (C=O) groups is 1. The van der Waals surface area contributed by atoms with Gasteiger partial charge in [-0.1, -0.05) is 13.8 Å². The molecule has 12 nitrogen and oxygen atoms in total. The molecule has 1 saturated carbocycles. The van der Waals surface area contributed by atoms with E-state index in [-0.39, 0.29) is 59.7 Å². The smallest absolute Gasteiger partial charge is 0.280 e. The van der Waals surface area contributed by atoms with Gasteiger partial charge in [-0.3, -0.25) is 24.5 Å². The molecule has 2 unspecified atom stereocenters. The predicted octanol–water partition coefficient (Wildman–Crippen LogP) is 3.29. The van der Waals surface area contributed by atoms with Gasteiger partial charge in [-0.05, 0) is 27.7 Å². The molecule has 5 atom stereocenters. The summed E-state index contributed by atoms with van der Waals surface area (Å²) >= 11 is 0. The molecule has 1 aliphatic carbocycles. The summed E-state index contributed by atoms with van der Waals surface area (Å²) in [5.74, 6) is -0.234. The molecular weight excluding hydrogens is 485 g/mol. The number of hydrogen-bond donors (Lipinski definition) is 2. The van der Waals surface area contributed by atoms with Crippen molar-refractivity contribution in [3.8, 4) is 6.07 Å². The number of imidazole rings is 1. The van der Waals surface area contributed by atoms with E-state index in [1.807, 2.05) is 0 Å². The first-order chi connectivity index (χ1) is 17.1. The van der Waals surface area contributed by atoms with Crippen LogP contribution in [0.2, 0.25) is 0 Å². The highest BCUT2D eigenvalue weighted by Crippen LogP contribution is 2.58. The molecule has 4 rings (SSSR count). The first-order valence-electron chi connectivity index (χ1n) is 12.3. The van der Waals surface area contributed by atoms with Gasteiger partial charge in [0.2, 0.25) is 11.9 Å². The lowest BCUT2D eigenvalue weighted by Crippen LogP contribution is -2.34. The van der Waals surface area contributed by atoms with Crippen molar-refractivity contribution in [2.24, 2.45) is 11.8 Å². The minimum Gasteiger partial charge on any atom is -0.352 e. The molecule has 13 heteroatoms. The van der Waals surface area contributed by atoms with Crippen LogP contribution in [0.1, 0.15) is 60.6 Å². The van der Waals surface area contributed by atoms with Crippen LogP contribution in [-0.4, -0.2) is 61.0 Å². The number of nitriles is 1. The monoisotopic (exact) mass is 519 g/mol. The molecule has 2 N–H and O–H groups in total. The Morgan fingerprint density at radius 1 is 1.36 bits per heavy atom. The number of H-pyrrole nitrogens is 1. The van der Waals surface area contributed by atoms with Gasteiger partial charge in [0.05, 0.1) is 37.6 Å². The van der Waals surface area contributed by atoms with Gasteiger partial charge in [-0.25, -0.2) is 9.65 Å². The lowest BCUT2D eigenvalue weighted by molar-refractivity contribution is -0.118. The van der Waals surface area contributed by atoms with Crippen molar-refractivity contribution in [1.29, 1.82) is 5.26 Å². The highest BCUT2D eigenvalue weighted by atomic mass is 31.2. The Labute approximate surface area is 211 Å². The van der Waals surface area contributed by atoms with E-state index in [9.17, 15) is 9.59 Å². The van der Waals surface area contributed by atoms with Gasteiger partial charge < -0.3 is 13.8 Å². The number of ether oxygens (including phenoxy) is 1. The summed E-state index contributed by atoms with van der Waals surface area (Å²) in [4.78, 5) is 35.8. The van der Waals surface area contributed by atoms with Crippen molar-refractivity contribution in [2.45, 2.75) is 84.9 Å². The number of amides is 1. The number of hydrogen-bond acceptors (Lipinski definition) is 9. The zero-order chi connectivity index (χ0) is 26.1. The zero-order valence-corrected chi connectivity index (χ0v) is 22.4. The van der Waals surface area contributed by atoms with E-state index in [2.05, 4.69) is 58.7 Å². The number of nitrogens with zero attached hydrogens (tertiary/aromatic N) is 5. The molecule has 2 aromatic heterocycles. The molecule has 1 amide bonds. The van der Waals surface area contributed by atoms with Crippen molar-refractivity contribution in [3.05, 3.63) is 16.7 Å². The maximum atomic E-state index is 12.5. The van der Waals surface area contributed by atoms with Crippen molar-refractivity contribution < 1.29 is 18.6 Å². The third kappa shape index (κ3) is 5.45. The molecule has 2 aromatic rings. The summed E-state index contributed by atoms with van der Waals surface area (Å²) in [6.45, 7) is 12.2. The molecule has 1 aliphatic heterocycles. The largest absolute Gasteiger partial charge is 0.352 e. The lowest BCUT2D eigenvalue weighted by atomic mass is 10.2. The van der Waals surface area contributed by atoms with Gasteiger partial charge in [0.1, 0.15) is 6.23 Å². The number of rotatable bonds is 11. The van der Waals surface area contributed by atoms with Crippen LogP contribution < -0.4 is 10.9 Å². The Bertz CT molecular complexity index is 1170. The number of aromatic amines is 1. The second-order valence-corrected chi connectivity index (χ2v) is 11.4. The van der Waals surface area contributed by atoms with Crippen LogP contribution in [0.5, 0.6) is 0 Å². The molecule has 36 heavy (non-hydrogen) atoms. The third-order valence-electron chi connectivity index (χ3n) is 6.20. The van der Waals surface area contributed by atoms with Gasteiger partial charge in [0, 0.05) is 30.3 Å². The Hall–Kier alpha value is -2.42. The second-order valence-electron chi connectivity index (χ2n) is 9.95. The minimum atomic E-state index is -1.34. The van der Waals surface area contributed by atoms with Crippen LogP contribution in [-0.2, 0) is 18.6 Å². The van der Waals surface area contributed by atoms with E-state index < -0.39 is 14.1 Å². The molecule has 0 radical (unpaired) electrons. The van der Waals surface area contributed by atoms with Gasteiger partial charge in [0.25, 0.3) is 14.1 Å². The Morgan fingerprint density at radius 2 is 2.08 bits per heavy atom. The van der Waals surface area contributed by atoms with E-state index in [0.29, 0.717) is 25.1 Å². The van der Waals surface area contributed by atoms with E-state index >= 15 is 0 Å². The molecular formula is C23H34N7O5P. The number of nitrogens with one attached hydrogen (secondary N) is 2. The van der Waals surface area contributed by atoms with Crippen molar-refractivity contribution >= 4 is 31.5 Å². The molecule has 3 heterocycles. The molecule has 0 aromatic carbocycles. The van der Waals surface area contributed by atoms with E-state index in [1.54, 1.807) is 24.7 Å². The van der Waals surface area contributed by atoms with Crippen LogP contribution in [0.3, 0.4) is 0 Å². The Kier molecular flexibility index (Phi) is 8.07. The number of carbonyl (C=O) groups excluding carboxylic acids is 1. The summed E-state index contributed by atoms with van der Waals surface area (Å²) < 4.78 is 22.6. The van der Waals surface area contributed by atoms with Crippen LogP contribution in [0, 0.1) is 23.2 Å². The quantitative estimate of drug-likeness (QED) is 0.337. The van der Waals surface area contributed by atoms with E-state index in [1.165, 1.54) is 0 Å². The molecule has 1 saturated heterocycles. The summed E-state index contributed by atoms with van der Waals surface area (Å²) in [6, 6.07) is 2.55. The van der Waals surface area contributed by atoms with Crippen LogP contribution in [0.25, 0.3) is 11.2 Å². The molecule has 0 spiro atoms. The zero-order valence-electron chi connectivity index (χ0n) is 21.5. The van der Waals surface area contributed by atoms with Gasteiger partial charge in [-0.2, -0.15) is 10.2 Å². The highest BCUT2D eigenvalue weighted by molar-refractivity contribution is 7.44. The molecule has 2 aliphatic rings. The summed E-state index contributed by atoms with van der Waals surface area (Å²) in [5, 5.41) is 11.5. The molecule has 2 fully saturated rings. The first-order valence-corrected chi connectivity index (χ1v) is 13.4. The molecule has 0 bridgehead atoms. The lowest BCUT2D eigenvalue weighted by Gasteiger charge is -2.36.